The summed E-state index contributed by atoms with van der Waals surface area (Å²) >= 11 is 3.01. The SMILES string of the molecule is CC(=O)N1CCN(C(=O)c2cccc(CSc3cnc(NC(=O)c4ccc(CN[C@@H](C)CO)cc4)s3)c2)CC1. The molecule has 39 heavy (non-hydrogen) atoms. The standard InChI is InChI=1S/C28H33N5O4S2/c1-19(17-34)29-15-21-6-8-23(9-7-21)26(36)31-28-30-16-25(39-28)38-18-22-4-3-5-24(14-22)27(37)33-12-10-32(11-13-33)20(2)35/h3-9,14,16,19,29,34H,10-13,15,17-18H2,1-2H3,(H,30,31,36)/t19-/m0/s1. The van der Waals surface area contributed by atoms with Gasteiger partial charge < -0.3 is 20.2 Å². The maximum Gasteiger partial charge on any atom is 0.257 e. The van der Waals surface area contributed by atoms with Gasteiger partial charge in [0.1, 0.15) is 0 Å². The minimum atomic E-state index is -0.223. The van der Waals surface area contributed by atoms with Crippen LogP contribution < -0.4 is 10.6 Å². The van der Waals surface area contributed by atoms with Gasteiger partial charge in [-0.2, -0.15) is 0 Å². The number of aliphatic hydroxyl groups excluding tert-OH is 1. The van der Waals surface area contributed by atoms with Gasteiger partial charge in [-0.3, -0.25) is 19.7 Å². The second-order valence-corrected chi connectivity index (χ2v) is 11.7. The highest BCUT2D eigenvalue weighted by molar-refractivity contribution is 8.00. The zero-order valence-electron chi connectivity index (χ0n) is 22.1. The first-order valence-electron chi connectivity index (χ1n) is 12.8. The topological polar surface area (TPSA) is 115 Å². The Kier molecular flexibility index (Phi) is 10.1. The van der Waals surface area contributed by atoms with Gasteiger partial charge in [-0.05, 0) is 42.3 Å². The highest BCUT2D eigenvalue weighted by Crippen LogP contribution is 2.31. The van der Waals surface area contributed by atoms with Crippen LogP contribution in [0.5, 0.6) is 0 Å². The lowest BCUT2D eigenvalue weighted by atomic mass is 10.1. The number of thiazole rings is 1. The van der Waals surface area contributed by atoms with E-state index in [1.807, 2.05) is 43.3 Å². The molecule has 0 unspecified atom stereocenters. The monoisotopic (exact) mass is 567 g/mol. The number of carbonyl (C=O) groups is 3. The Morgan fingerprint density at radius 3 is 2.44 bits per heavy atom. The molecule has 4 rings (SSSR count). The summed E-state index contributed by atoms with van der Waals surface area (Å²) < 4.78 is 0.960. The van der Waals surface area contributed by atoms with E-state index in [4.69, 9.17) is 5.11 Å². The first-order valence-corrected chi connectivity index (χ1v) is 14.6. The number of thioether (sulfide) groups is 1. The average Bonchev–Trinajstić information content (AvgIpc) is 3.41. The van der Waals surface area contributed by atoms with E-state index in [-0.39, 0.29) is 30.4 Å². The molecule has 1 aliphatic heterocycles. The number of piperazine rings is 1. The Morgan fingerprint density at radius 2 is 1.74 bits per heavy atom. The molecule has 3 aromatic rings. The van der Waals surface area contributed by atoms with Gasteiger partial charge in [-0.1, -0.05) is 35.6 Å². The number of aromatic nitrogens is 1. The molecule has 2 aromatic carbocycles. The third-order valence-electron chi connectivity index (χ3n) is 6.42. The Bertz CT molecular complexity index is 1290. The Balaban J connectivity index is 1.27. The van der Waals surface area contributed by atoms with Gasteiger partial charge in [0.05, 0.1) is 17.0 Å². The molecule has 1 fully saturated rings. The van der Waals surface area contributed by atoms with Crippen LogP contribution in [-0.2, 0) is 17.1 Å². The molecule has 0 saturated carbocycles. The van der Waals surface area contributed by atoms with Crippen molar-refractivity contribution >= 4 is 46.0 Å². The number of anilines is 1. The average molecular weight is 568 g/mol. The van der Waals surface area contributed by atoms with Gasteiger partial charge in [-0.15, -0.1) is 11.8 Å². The Hall–Kier alpha value is -3.25. The van der Waals surface area contributed by atoms with Gasteiger partial charge in [0, 0.05) is 62.6 Å². The number of amides is 3. The summed E-state index contributed by atoms with van der Waals surface area (Å²) in [6.07, 6.45) is 1.74. The summed E-state index contributed by atoms with van der Waals surface area (Å²) in [4.78, 5) is 45.1. The number of hydrogen-bond acceptors (Lipinski definition) is 8. The normalized spacial score (nSPS) is 14.2. The van der Waals surface area contributed by atoms with Crippen molar-refractivity contribution in [2.45, 2.75) is 36.4 Å². The number of aliphatic hydroxyl groups is 1. The number of hydrogen-bond donors (Lipinski definition) is 3. The summed E-state index contributed by atoms with van der Waals surface area (Å²) in [5, 5.41) is 15.7. The van der Waals surface area contributed by atoms with Crippen LogP contribution in [0.3, 0.4) is 0 Å². The lowest BCUT2D eigenvalue weighted by Crippen LogP contribution is -2.50. The molecule has 0 spiro atoms. The van der Waals surface area contributed by atoms with E-state index in [9.17, 15) is 14.4 Å². The molecule has 9 nitrogen and oxygen atoms in total. The first-order chi connectivity index (χ1) is 18.8. The van der Waals surface area contributed by atoms with E-state index >= 15 is 0 Å². The molecule has 1 aromatic heterocycles. The molecule has 0 aliphatic carbocycles. The fourth-order valence-electron chi connectivity index (χ4n) is 4.04. The van der Waals surface area contributed by atoms with Crippen LogP contribution in [0.15, 0.2) is 58.9 Å². The van der Waals surface area contributed by atoms with Crippen molar-refractivity contribution in [3.8, 4) is 0 Å². The number of benzene rings is 2. The van der Waals surface area contributed by atoms with Gasteiger partial charge in [-0.25, -0.2) is 4.98 Å². The molecule has 1 aliphatic rings. The van der Waals surface area contributed by atoms with Crippen molar-refractivity contribution in [2.75, 3.05) is 38.1 Å². The molecule has 206 valence electrons. The molecule has 3 N–H and O–H groups in total. The Labute approximate surface area is 236 Å². The maximum absolute atomic E-state index is 13.0. The molecule has 1 saturated heterocycles. The summed E-state index contributed by atoms with van der Waals surface area (Å²) in [5.74, 6) is 0.467. The van der Waals surface area contributed by atoms with E-state index in [0.29, 0.717) is 54.7 Å². The lowest BCUT2D eigenvalue weighted by Gasteiger charge is -2.34. The minimum absolute atomic E-state index is 0.0114. The third-order valence-corrected chi connectivity index (χ3v) is 8.60. The van der Waals surface area contributed by atoms with Crippen LogP contribution in [0.4, 0.5) is 5.13 Å². The lowest BCUT2D eigenvalue weighted by molar-refractivity contribution is -0.130. The van der Waals surface area contributed by atoms with Crippen LogP contribution in [0.2, 0.25) is 0 Å². The molecule has 11 heteroatoms. The molecule has 1 atom stereocenters. The van der Waals surface area contributed by atoms with Crippen molar-refractivity contribution in [1.82, 2.24) is 20.1 Å². The van der Waals surface area contributed by atoms with Gasteiger partial charge in [0.2, 0.25) is 5.91 Å². The predicted molar refractivity (Wildman–Crippen MR) is 154 cm³/mol. The van der Waals surface area contributed by atoms with E-state index < -0.39 is 0 Å². The van der Waals surface area contributed by atoms with Gasteiger partial charge in [0.25, 0.3) is 11.8 Å². The van der Waals surface area contributed by atoms with Crippen LogP contribution in [0, 0.1) is 0 Å². The number of nitrogens with zero attached hydrogens (tertiary/aromatic N) is 3. The summed E-state index contributed by atoms with van der Waals surface area (Å²) in [5.41, 5.74) is 3.24. The van der Waals surface area contributed by atoms with Crippen LogP contribution in [0.1, 0.15) is 45.7 Å². The van der Waals surface area contributed by atoms with E-state index in [2.05, 4.69) is 15.6 Å². The summed E-state index contributed by atoms with van der Waals surface area (Å²) in [7, 11) is 0. The molecular weight excluding hydrogens is 534 g/mol. The number of nitrogens with one attached hydrogen (secondary N) is 2. The van der Waals surface area contributed by atoms with Crippen molar-refractivity contribution < 1.29 is 19.5 Å². The molecule has 0 bridgehead atoms. The minimum Gasteiger partial charge on any atom is -0.395 e. The fraction of sp³-hybridized carbons (Fsp3) is 0.357. The van der Waals surface area contributed by atoms with Crippen molar-refractivity contribution in [3.05, 3.63) is 77.0 Å². The van der Waals surface area contributed by atoms with Crippen LogP contribution in [-0.4, -0.2) is 76.4 Å². The second-order valence-electron chi connectivity index (χ2n) is 9.39. The third kappa shape index (κ3) is 8.12. The van der Waals surface area contributed by atoms with Gasteiger partial charge in [0.15, 0.2) is 5.13 Å². The highest BCUT2D eigenvalue weighted by atomic mass is 32.2. The zero-order chi connectivity index (χ0) is 27.8. The molecule has 2 heterocycles. The smallest absolute Gasteiger partial charge is 0.257 e. The fourth-order valence-corrected chi connectivity index (χ4v) is 5.85. The highest BCUT2D eigenvalue weighted by Gasteiger charge is 2.23. The van der Waals surface area contributed by atoms with Gasteiger partial charge >= 0.3 is 0 Å². The van der Waals surface area contributed by atoms with Crippen LogP contribution in [0.25, 0.3) is 0 Å². The van der Waals surface area contributed by atoms with E-state index in [1.165, 1.54) is 11.3 Å². The predicted octanol–water partition coefficient (Wildman–Crippen LogP) is 3.46. The second kappa shape index (κ2) is 13.7. The largest absolute Gasteiger partial charge is 0.395 e. The zero-order valence-corrected chi connectivity index (χ0v) is 23.7. The maximum atomic E-state index is 13.0. The summed E-state index contributed by atoms with van der Waals surface area (Å²) in [6.45, 7) is 6.36. The van der Waals surface area contributed by atoms with Crippen LogP contribution >= 0.6 is 23.1 Å². The molecule has 0 radical (unpaired) electrons. The van der Waals surface area contributed by atoms with E-state index in [1.54, 1.807) is 46.8 Å². The Morgan fingerprint density at radius 1 is 1.03 bits per heavy atom. The number of rotatable bonds is 10. The molecule has 3 amide bonds. The van der Waals surface area contributed by atoms with Crippen molar-refractivity contribution in [2.24, 2.45) is 0 Å². The quantitative estimate of drug-likeness (QED) is 0.322. The van der Waals surface area contributed by atoms with Crippen molar-refractivity contribution in [3.63, 3.8) is 0 Å². The summed E-state index contributed by atoms with van der Waals surface area (Å²) in [6, 6.07) is 15.0. The van der Waals surface area contributed by atoms with Crippen molar-refractivity contribution in [1.29, 1.82) is 0 Å². The molecular formula is C28H33N5O4S2. The van der Waals surface area contributed by atoms with E-state index in [0.717, 1.165) is 15.3 Å². The number of carbonyl (C=O) groups excluding carboxylic acids is 3. The first kappa shape index (κ1) is 28.8.